The van der Waals surface area contributed by atoms with Gasteiger partial charge >= 0.3 is 0 Å². The minimum absolute atomic E-state index is 0.0471. The second-order valence-electron chi connectivity index (χ2n) is 4.70. The number of benzene rings is 2. The van der Waals surface area contributed by atoms with Gasteiger partial charge in [0.2, 0.25) is 0 Å². The van der Waals surface area contributed by atoms with Gasteiger partial charge in [-0.2, -0.15) is 0 Å². The molecule has 0 fully saturated rings. The number of halogens is 2. The molecule has 2 aromatic carbocycles. The summed E-state index contributed by atoms with van der Waals surface area (Å²) in [4.78, 5) is 0. The quantitative estimate of drug-likeness (QED) is 0.859. The first-order valence-corrected chi connectivity index (χ1v) is 6.97. The maximum absolute atomic E-state index is 13.7. The van der Waals surface area contributed by atoms with E-state index < -0.39 is 0 Å². The first kappa shape index (κ1) is 12.5. The zero-order valence-electron chi connectivity index (χ0n) is 10.2. The van der Waals surface area contributed by atoms with Crippen molar-refractivity contribution in [1.29, 1.82) is 0 Å². The Labute approximate surface area is 119 Å². The van der Waals surface area contributed by atoms with Crippen LogP contribution in [0.5, 0.6) is 5.75 Å². The number of aromatic hydroxyl groups is 1. The van der Waals surface area contributed by atoms with Crippen molar-refractivity contribution in [1.82, 2.24) is 0 Å². The van der Waals surface area contributed by atoms with Crippen molar-refractivity contribution in [3.05, 3.63) is 57.8 Å². The predicted octanol–water partition coefficient (Wildman–Crippen LogP) is 4.39. The molecule has 2 aromatic rings. The van der Waals surface area contributed by atoms with Crippen molar-refractivity contribution in [3.63, 3.8) is 0 Å². The lowest BCUT2D eigenvalue weighted by Gasteiger charge is -2.16. The molecule has 1 unspecified atom stereocenters. The lowest BCUT2D eigenvalue weighted by molar-refractivity contribution is 0.469. The molecule has 0 bridgehead atoms. The van der Waals surface area contributed by atoms with Gasteiger partial charge in [-0.15, -0.1) is 0 Å². The van der Waals surface area contributed by atoms with E-state index in [4.69, 9.17) is 0 Å². The number of nitrogens with one attached hydrogen (secondary N) is 1. The van der Waals surface area contributed by atoms with Gasteiger partial charge < -0.3 is 10.4 Å². The van der Waals surface area contributed by atoms with Crippen molar-refractivity contribution >= 4 is 21.6 Å². The van der Waals surface area contributed by atoms with Gasteiger partial charge in [0.1, 0.15) is 11.6 Å². The molecule has 2 nitrogen and oxygen atoms in total. The molecule has 3 rings (SSSR count). The van der Waals surface area contributed by atoms with Crippen molar-refractivity contribution in [3.8, 4) is 5.75 Å². The average Bonchev–Trinajstić information content (AvgIpc) is 2.79. The molecular formula is C15H13BrFNO. The van der Waals surface area contributed by atoms with E-state index in [1.54, 1.807) is 18.2 Å². The Morgan fingerprint density at radius 1 is 1.26 bits per heavy atom. The third kappa shape index (κ3) is 2.32. The predicted molar refractivity (Wildman–Crippen MR) is 76.9 cm³/mol. The Hall–Kier alpha value is -1.55. The molecular weight excluding hydrogens is 309 g/mol. The fourth-order valence-corrected chi connectivity index (χ4v) is 2.94. The number of anilines is 1. The van der Waals surface area contributed by atoms with Gasteiger partial charge in [0.25, 0.3) is 0 Å². The largest absolute Gasteiger partial charge is 0.508 e. The monoisotopic (exact) mass is 321 g/mol. The summed E-state index contributed by atoms with van der Waals surface area (Å²) in [6.45, 7) is 0. The highest BCUT2D eigenvalue weighted by atomic mass is 79.9. The summed E-state index contributed by atoms with van der Waals surface area (Å²) < 4.78 is 14.6. The summed E-state index contributed by atoms with van der Waals surface area (Å²) in [5.74, 6) is 0.0633. The lowest BCUT2D eigenvalue weighted by Crippen LogP contribution is -2.08. The van der Waals surface area contributed by atoms with Crippen LogP contribution in [0, 0.1) is 5.82 Å². The molecule has 0 saturated heterocycles. The molecule has 1 atom stereocenters. The second kappa shape index (κ2) is 4.85. The van der Waals surface area contributed by atoms with Crippen LogP contribution in [0.1, 0.15) is 23.6 Å². The molecule has 2 N–H and O–H groups in total. The molecule has 98 valence electrons. The van der Waals surface area contributed by atoms with Gasteiger partial charge in [-0.3, -0.25) is 0 Å². The summed E-state index contributed by atoms with van der Waals surface area (Å²) >= 11 is 3.34. The molecule has 4 heteroatoms. The van der Waals surface area contributed by atoms with Crippen molar-refractivity contribution < 1.29 is 9.50 Å². The SMILES string of the molecule is Oc1cccc2c1CCC2Nc1cc(Br)ccc1F. The van der Waals surface area contributed by atoms with Crippen LogP contribution in [0.15, 0.2) is 40.9 Å². The summed E-state index contributed by atoms with van der Waals surface area (Å²) in [6, 6.07) is 10.4. The van der Waals surface area contributed by atoms with Crippen LogP contribution >= 0.6 is 15.9 Å². The van der Waals surface area contributed by atoms with Crippen LogP contribution in [0.25, 0.3) is 0 Å². The number of hydrogen-bond acceptors (Lipinski definition) is 2. The first-order chi connectivity index (χ1) is 9.15. The topological polar surface area (TPSA) is 32.3 Å². The van der Waals surface area contributed by atoms with Gasteiger partial charge in [-0.25, -0.2) is 4.39 Å². The highest BCUT2D eigenvalue weighted by Gasteiger charge is 2.25. The van der Waals surface area contributed by atoms with Crippen LogP contribution < -0.4 is 5.32 Å². The van der Waals surface area contributed by atoms with Gasteiger partial charge in [-0.05, 0) is 48.2 Å². The van der Waals surface area contributed by atoms with Gasteiger partial charge in [0, 0.05) is 4.47 Å². The Morgan fingerprint density at radius 3 is 2.95 bits per heavy atom. The lowest BCUT2D eigenvalue weighted by atomic mass is 10.1. The molecule has 19 heavy (non-hydrogen) atoms. The maximum Gasteiger partial charge on any atom is 0.146 e. The van der Waals surface area contributed by atoms with E-state index >= 15 is 0 Å². The molecule has 0 aliphatic heterocycles. The fraction of sp³-hybridized carbons (Fsp3) is 0.200. The standard InChI is InChI=1S/C15H13BrFNO/c16-9-4-6-12(17)14(8-9)18-13-7-5-11-10(13)2-1-3-15(11)19/h1-4,6,8,13,18-19H,5,7H2. The second-order valence-corrected chi connectivity index (χ2v) is 5.62. The van der Waals surface area contributed by atoms with Crippen molar-refractivity contribution in [2.45, 2.75) is 18.9 Å². The molecule has 0 aromatic heterocycles. The Morgan fingerprint density at radius 2 is 2.11 bits per heavy atom. The summed E-state index contributed by atoms with van der Waals surface area (Å²) in [5, 5.41) is 13.0. The molecule has 0 spiro atoms. The van der Waals surface area contributed by atoms with E-state index in [1.165, 1.54) is 6.07 Å². The van der Waals surface area contributed by atoms with Crippen molar-refractivity contribution in [2.24, 2.45) is 0 Å². The zero-order chi connectivity index (χ0) is 13.4. The third-order valence-electron chi connectivity index (χ3n) is 3.50. The van der Waals surface area contributed by atoms with Crippen LogP contribution in [0.2, 0.25) is 0 Å². The Bertz CT molecular complexity index is 630. The highest BCUT2D eigenvalue weighted by Crippen LogP contribution is 2.38. The Kier molecular flexibility index (Phi) is 3.19. The van der Waals surface area contributed by atoms with E-state index in [1.807, 2.05) is 12.1 Å². The van der Waals surface area contributed by atoms with Crippen LogP contribution in [-0.4, -0.2) is 5.11 Å². The number of hydrogen-bond donors (Lipinski definition) is 2. The third-order valence-corrected chi connectivity index (χ3v) is 4.00. The van der Waals surface area contributed by atoms with E-state index in [0.717, 1.165) is 28.4 Å². The van der Waals surface area contributed by atoms with Gasteiger partial charge in [0.15, 0.2) is 0 Å². The minimum Gasteiger partial charge on any atom is -0.508 e. The average molecular weight is 322 g/mol. The smallest absolute Gasteiger partial charge is 0.146 e. The normalized spacial score (nSPS) is 17.3. The number of rotatable bonds is 2. The van der Waals surface area contributed by atoms with Crippen LogP contribution in [0.3, 0.4) is 0 Å². The highest BCUT2D eigenvalue weighted by molar-refractivity contribution is 9.10. The van der Waals surface area contributed by atoms with Gasteiger partial charge in [0.05, 0.1) is 11.7 Å². The molecule has 0 amide bonds. The maximum atomic E-state index is 13.7. The number of phenols is 1. The summed E-state index contributed by atoms with van der Waals surface area (Å²) in [7, 11) is 0. The van der Waals surface area contributed by atoms with E-state index in [0.29, 0.717) is 11.4 Å². The number of phenolic OH excluding ortho intramolecular Hbond substituents is 1. The molecule has 0 heterocycles. The van der Waals surface area contributed by atoms with Crippen LogP contribution in [0.4, 0.5) is 10.1 Å². The zero-order valence-corrected chi connectivity index (χ0v) is 11.7. The fourth-order valence-electron chi connectivity index (χ4n) is 2.58. The first-order valence-electron chi connectivity index (χ1n) is 6.17. The van der Waals surface area contributed by atoms with Crippen LogP contribution in [-0.2, 0) is 6.42 Å². The van der Waals surface area contributed by atoms with E-state index in [-0.39, 0.29) is 11.9 Å². The van der Waals surface area contributed by atoms with E-state index in [2.05, 4.69) is 21.2 Å². The molecule has 0 saturated carbocycles. The minimum atomic E-state index is -0.267. The molecule has 1 aliphatic rings. The summed E-state index contributed by atoms with van der Waals surface area (Å²) in [5.41, 5.74) is 2.50. The molecule has 1 aliphatic carbocycles. The van der Waals surface area contributed by atoms with Gasteiger partial charge in [-0.1, -0.05) is 28.1 Å². The Balaban J connectivity index is 1.91. The van der Waals surface area contributed by atoms with E-state index in [9.17, 15) is 9.50 Å². The molecule has 0 radical (unpaired) electrons. The summed E-state index contributed by atoms with van der Waals surface area (Å²) in [6.07, 6.45) is 1.67. The van der Waals surface area contributed by atoms with Crippen molar-refractivity contribution in [2.75, 3.05) is 5.32 Å². The number of fused-ring (bicyclic) bond motifs is 1.